The van der Waals surface area contributed by atoms with Crippen LogP contribution in [0.2, 0.25) is 0 Å². The summed E-state index contributed by atoms with van der Waals surface area (Å²) in [5.41, 5.74) is 0.810. The first kappa shape index (κ1) is 20.2. The molecule has 1 heterocycles. The minimum Gasteiger partial charge on any atom is -0.491 e. The minimum atomic E-state index is -0.653. The molecule has 0 spiro atoms. The smallest absolute Gasteiger partial charge is 0.191 e. The van der Waals surface area contributed by atoms with Gasteiger partial charge in [-0.2, -0.15) is 0 Å². The summed E-state index contributed by atoms with van der Waals surface area (Å²) in [6, 6.07) is 7.55. The van der Waals surface area contributed by atoms with E-state index in [1.165, 1.54) is 0 Å². The fourth-order valence-electron chi connectivity index (χ4n) is 2.36. The Kier molecular flexibility index (Phi) is 7.87. The predicted octanol–water partition coefficient (Wildman–Crippen LogP) is 3.03. The maximum absolute atomic E-state index is 10.5. The van der Waals surface area contributed by atoms with Crippen LogP contribution in [0.4, 0.5) is 0 Å². The van der Waals surface area contributed by atoms with E-state index in [0.717, 1.165) is 27.7 Å². The molecule has 1 aromatic carbocycles. The average Bonchev–Trinajstić information content (AvgIpc) is 3.02. The lowest BCUT2D eigenvalue weighted by Gasteiger charge is -2.17. The Labute approximate surface area is 159 Å². The zero-order valence-electron chi connectivity index (χ0n) is 15.8. The van der Waals surface area contributed by atoms with Crippen molar-refractivity contribution in [3.8, 4) is 5.75 Å². The van der Waals surface area contributed by atoms with E-state index in [2.05, 4.69) is 20.6 Å². The lowest BCUT2D eigenvalue weighted by atomic mass is 10.1. The van der Waals surface area contributed by atoms with E-state index in [9.17, 15) is 5.11 Å². The summed E-state index contributed by atoms with van der Waals surface area (Å²) in [6.45, 7) is 9.63. The number of thiazole rings is 1. The minimum absolute atomic E-state index is 0.100. The second-order valence-electron chi connectivity index (χ2n) is 6.18. The number of hydrogen-bond acceptors (Lipinski definition) is 5. The summed E-state index contributed by atoms with van der Waals surface area (Å²) >= 11 is 1.64. The second kappa shape index (κ2) is 10.1. The van der Waals surface area contributed by atoms with Crippen molar-refractivity contribution in [2.24, 2.45) is 4.99 Å². The molecule has 0 fully saturated rings. The number of aliphatic hydroxyl groups is 1. The molecule has 0 saturated carbocycles. The lowest BCUT2D eigenvalue weighted by Crippen LogP contribution is -2.39. The van der Waals surface area contributed by atoms with Gasteiger partial charge in [-0.05, 0) is 45.4 Å². The Bertz CT molecular complexity index is 715. The number of benzene rings is 1. The highest BCUT2D eigenvalue weighted by Crippen LogP contribution is 2.20. The quantitative estimate of drug-likeness (QED) is 0.487. The number of aromatic nitrogens is 1. The third-order valence-electron chi connectivity index (χ3n) is 3.48. The van der Waals surface area contributed by atoms with Crippen molar-refractivity contribution < 1.29 is 9.84 Å². The summed E-state index contributed by atoms with van der Waals surface area (Å²) in [6.07, 6.45) is 1.30. The molecule has 26 heavy (non-hydrogen) atoms. The molecule has 0 amide bonds. The predicted molar refractivity (Wildman–Crippen MR) is 107 cm³/mol. The monoisotopic (exact) mass is 376 g/mol. The van der Waals surface area contributed by atoms with E-state index >= 15 is 0 Å². The molecule has 142 valence electrons. The zero-order valence-corrected chi connectivity index (χ0v) is 16.6. The maximum atomic E-state index is 10.5. The van der Waals surface area contributed by atoms with Crippen LogP contribution >= 0.6 is 11.3 Å². The highest BCUT2D eigenvalue weighted by molar-refractivity contribution is 7.11. The van der Waals surface area contributed by atoms with E-state index in [4.69, 9.17) is 4.74 Å². The van der Waals surface area contributed by atoms with Gasteiger partial charge in [-0.25, -0.2) is 9.98 Å². The lowest BCUT2D eigenvalue weighted by molar-refractivity contribution is 0.179. The first-order valence-electron chi connectivity index (χ1n) is 8.86. The summed E-state index contributed by atoms with van der Waals surface area (Å²) in [7, 11) is 0. The van der Waals surface area contributed by atoms with Gasteiger partial charge in [-0.1, -0.05) is 12.1 Å². The van der Waals surface area contributed by atoms with Crippen molar-refractivity contribution in [3.05, 3.63) is 45.9 Å². The van der Waals surface area contributed by atoms with Crippen LogP contribution in [0.5, 0.6) is 5.75 Å². The number of aliphatic imine (C=N–C) groups is 1. The molecule has 7 heteroatoms. The number of hydrogen-bond donors (Lipinski definition) is 3. The summed E-state index contributed by atoms with van der Waals surface area (Å²) < 4.78 is 5.69. The molecule has 2 rings (SSSR count). The SMILES string of the molecule is CCNC(=NCc1cnc(C)s1)NCC(O)c1cccc(OC(C)C)c1. The van der Waals surface area contributed by atoms with Crippen LogP contribution in [0.3, 0.4) is 0 Å². The number of rotatable bonds is 8. The molecule has 0 bridgehead atoms. The van der Waals surface area contributed by atoms with Gasteiger partial charge < -0.3 is 20.5 Å². The number of ether oxygens (including phenoxy) is 1. The topological polar surface area (TPSA) is 78.8 Å². The van der Waals surface area contributed by atoms with Gasteiger partial charge in [0.05, 0.1) is 23.8 Å². The molecule has 0 radical (unpaired) electrons. The van der Waals surface area contributed by atoms with Crippen molar-refractivity contribution in [2.75, 3.05) is 13.1 Å². The van der Waals surface area contributed by atoms with E-state index in [-0.39, 0.29) is 6.10 Å². The number of nitrogens with zero attached hydrogens (tertiary/aromatic N) is 2. The van der Waals surface area contributed by atoms with Crippen molar-refractivity contribution in [3.63, 3.8) is 0 Å². The highest BCUT2D eigenvalue weighted by atomic mass is 32.1. The first-order valence-corrected chi connectivity index (χ1v) is 9.67. The van der Waals surface area contributed by atoms with Crippen molar-refractivity contribution >= 4 is 17.3 Å². The van der Waals surface area contributed by atoms with Crippen LogP contribution in [-0.4, -0.2) is 35.2 Å². The number of aryl methyl sites for hydroxylation is 1. The largest absolute Gasteiger partial charge is 0.491 e. The number of guanidine groups is 1. The van der Waals surface area contributed by atoms with Crippen LogP contribution in [0, 0.1) is 6.92 Å². The molecular formula is C19H28N4O2S. The Morgan fingerprint density at radius 3 is 2.81 bits per heavy atom. The van der Waals surface area contributed by atoms with Crippen LogP contribution < -0.4 is 15.4 Å². The van der Waals surface area contributed by atoms with Crippen LogP contribution in [0.15, 0.2) is 35.5 Å². The third kappa shape index (κ3) is 6.65. The van der Waals surface area contributed by atoms with Crippen LogP contribution in [0.25, 0.3) is 0 Å². The molecule has 3 N–H and O–H groups in total. The summed E-state index contributed by atoms with van der Waals surface area (Å²) in [5.74, 6) is 1.44. The van der Waals surface area contributed by atoms with Crippen LogP contribution in [-0.2, 0) is 6.54 Å². The van der Waals surface area contributed by atoms with Gasteiger partial charge in [0.25, 0.3) is 0 Å². The molecule has 0 aliphatic heterocycles. The van der Waals surface area contributed by atoms with Gasteiger partial charge in [0.2, 0.25) is 0 Å². The van der Waals surface area contributed by atoms with E-state index < -0.39 is 6.10 Å². The summed E-state index contributed by atoms with van der Waals surface area (Å²) in [5, 5.41) is 17.9. The Morgan fingerprint density at radius 1 is 1.35 bits per heavy atom. The van der Waals surface area contributed by atoms with E-state index in [0.29, 0.717) is 19.0 Å². The maximum Gasteiger partial charge on any atom is 0.191 e. The standard InChI is InChI=1S/C19H28N4O2S/c1-5-20-19(22-11-17-10-21-14(4)26-17)23-12-18(24)15-7-6-8-16(9-15)25-13(2)3/h6-10,13,18,24H,5,11-12H2,1-4H3,(H2,20,22,23). The number of aliphatic hydroxyl groups excluding tert-OH is 1. The van der Waals surface area contributed by atoms with Crippen molar-refractivity contribution in [1.82, 2.24) is 15.6 Å². The average molecular weight is 377 g/mol. The van der Waals surface area contributed by atoms with Gasteiger partial charge >= 0.3 is 0 Å². The van der Waals surface area contributed by atoms with Crippen LogP contribution in [0.1, 0.15) is 42.3 Å². The van der Waals surface area contributed by atoms with Gasteiger partial charge in [0.15, 0.2) is 5.96 Å². The molecular weight excluding hydrogens is 348 g/mol. The molecule has 1 atom stereocenters. The van der Waals surface area contributed by atoms with E-state index in [1.807, 2.05) is 58.2 Å². The molecule has 1 unspecified atom stereocenters. The normalized spacial score (nSPS) is 12.9. The molecule has 0 saturated heterocycles. The molecule has 6 nitrogen and oxygen atoms in total. The molecule has 0 aliphatic rings. The third-order valence-corrected chi connectivity index (χ3v) is 4.38. The summed E-state index contributed by atoms with van der Waals surface area (Å²) in [4.78, 5) is 9.90. The first-order chi connectivity index (χ1) is 12.5. The number of nitrogens with one attached hydrogen (secondary N) is 2. The molecule has 0 aliphatic carbocycles. The Hall–Kier alpha value is -2.12. The van der Waals surface area contributed by atoms with Crippen molar-refractivity contribution in [1.29, 1.82) is 0 Å². The highest BCUT2D eigenvalue weighted by Gasteiger charge is 2.10. The van der Waals surface area contributed by atoms with Gasteiger partial charge in [-0.3, -0.25) is 0 Å². The Morgan fingerprint density at radius 2 is 2.15 bits per heavy atom. The van der Waals surface area contributed by atoms with Gasteiger partial charge in [0.1, 0.15) is 5.75 Å². The van der Waals surface area contributed by atoms with E-state index in [1.54, 1.807) is 11.3 Å². The fourth-order valence-corrected chi connectivity index (χ4v) is 3.08. The molecule has 2 aromatic rings. The molecule has 1 aromatic heterocycles. The Balaban J connectivity index is 1.94. The second-order valence-corrected chi connectivity index (χ2v) is 7.50. The zero-order chi connectivity index (χ0) is 18.9. The fraction of sp³-hybridized carbons (Fsp3) is 0.474. The van der Waals surface area contributed by atoms with Gasteiger partial charge in [-0.15, -0.1) is 11.3 Å². The van der Waals surface area contributed by atoms with Crippen molar-refractivity contribution in [2.45, 2.75) is 46.4 Å². The van der Waals surface area contributed by atoms with Gasteiger partial charge in [0, 0.05) is 24.2 Å².